The molecule has 2 aromatic rings. The zero-order valence-electron chi connectivity index (χ0n) is 19.7. The van der Waals surface area contributed by atoms with Crippen LogP contribution >= 0.6 is 61.2 Å². The van der Waals surface area contributed by atoms with E-state index in [9.17, 15) is 9.59 Å². The largest absolute Gasteiger partial charge is 0.489 e. The van der Waals surface area contributed by atoms with Crippen molar-refractivity contribution in [2.75, 3.05) is 14.2 Å². The van der Waals surface area contributed by atoms with Gasteiger partial charge >= 0.3 is 11.9 Å². The average molecular weight is 825 g/mol. The molecule has 2 fully saturated rings. The highest BCUT2D eigenvalue weighted by Crippen LogP contribution is 2.30. The van der Waals surface area contributed by atoms with Gasteiger partial charge in [0.1, 0.15) is 29.0 Å². The third-order valence-electron chi connectivity index (χ3n) is 5.33. The molecule has 0 aliphatic heterocycles. The van der Waals surface area contributed by atoms with Crippen molar-refractivity contribution < 1.29 is 28.5 Å². The number of nitrogens with two attached hydrogens (primary N) is 1. The molecule has 0 bridgehead atoms. The van der Waals surface area contributed by atoms with E-state index in [1.54, 1.807) is 30.5 Å². The van der Waals surface area contributed by atoms with Crippen LogP contribution in [0.1, 0.15) is 53.6 Å². The van der Waals surface area contributed by atoms with Gasteiger partial charge in [-0.25, -0.2) is 19.6 Å². The van der Waals surface area contributed by atoms with Crippen molar-refractivity contribution in [1.29, 1.82) is 0 Å². The van der Waals surface area contributed by atoms with Crippen LogP contribution in [0.3, 0.4) is 0 Å². The third kappa shape index (κ3) is 10.5. The SMILES string of the molecule is COC(=O)c1ccc(OC2CC(C)C2)cn1.COC(=O)c1ccc(OC2CC(N)C2)cn1.I.II. The number of ether oxygens (including phenoxy) is 4. The van der Waals surface area contributed by atoms with Crippen LogP contribution < -0.4 is 15.2 Å². The molecule has 2 aliphatic rings. The van der Waals surface area contributed by atoms with E-state index < -0.39 is 11.9 Å². The van der Waals surface area contributed by atoms with Crippen LogP contribution in [0, 0.1) is 5.92 Å². The van der Waals surface area contributed by atoms with Crippen LogP contribution in [-0.2, 0) is 9.47 Å². The summed E-state index contributed by atoms with van der Waals surface area (Å²) in [4.78, 5) is 30.2. The molecule has 2 aliphatic carbocycles. The van der Waals surface area contributed by atoms with E-state index in [4.69, 9.17) is 15.2 Å². The van der Waals surface area contributed by atoms with Gasteiger partial charge in [-0.1, -0.05) is 6.92 Å². The van der Waals surface area contributed by atoms with Gasteiger partial charge in [0.25, 0.3) is 0 Å². The van der Waals surface area contributed by atoms with Crippen LogP contribution in [0.15, 0.2) is 36.7 Å². The second-order valence-corrected chi connectivity index (χ2v) is 8.03. The number of carbonyl (C=O) groups excluding carboxylic acids is 2. The van der Waals surface area contributed by atoms with Crippen molar-refractivity contribution in [3.05, 3.63) is 48.0 Å². The number of hydrogen-bond acceptors (Lipinski definition) is 9. The Balaban J connectivity index is 0.000000318. The van der Waals surface area contributed by atoms with E-state index in [0.717, 1.165) is 31.6 Å². The standard InChI is InChI=1S/C12H15NO3.C11H14N2O3.I2.HI/c1-8-5-10(6-8)16-9-3-4-11(13-7-9)12(14)15-2;1-15-11(14)10-3-2-8(6-13-10)16-9-4-7(12)5-9;1-2;/h3-4,7-8,10H,5-6H2,1-2H3;2-3,6-7,9H,4-5,12H2,1H3;;1H. The molecule has 0 radical (unpaired) electrons. The molecule has 194 valence electrons. The van der Waals surface area contributed by atoms with Crippen LogP contribution in [0.2, 0.25) is 0 Å². The molecule has 0 amide bonds. The average Bonchev–Trinajstić information content (AvgIpc) is 2.83. The number of pyridine rings is 2. The molecule has 4 rings (SSSR count). The summed E-state index contributed by atoms with van der Waals surface area (Å²) in [5, 5.41) is 0. The van der Waals surface area contributed by atoms with Crippen LogP contribution in [-0.4, -0.2) is 54.4 Å². The number of nitrogens with zero attached hydrogens (tertiary/aromatic N) is 2. The predicted octanol–water partition coefficient (Wildman–Crippen LogP) is 5.17. The zero-order valence-corrected chi connectivity index (χ0v) is 26.3. The van der Waals surface area contributed by atoms with E-state index in [1.807, 2.05) is 0 Å². The molecule has 2 aromatic heterocycles. The van der Waals surface area contributed by atoms with E-state index in [2.05, 4.69) is 63.6 Å². The fourth-order valence-electron chi connectivity index (χ4n) is 3.36. The zero-order chi connectivity index (χ0) is 25.1. The first-order valence-electron chi connectivity index (χ1n) is 10.7. The molecule has 2 N–H and O–H groups in total. The van der Waals surface area contributed by atoms with Gasteiger partial charge in [0.2, 0.25) is 0 Å². The minimum atomic E-state index is -0.447. The molecule has 0 saturated heterocycles. The summed E-state index contributed by atoms with van der Waals surface area (Å²) in [5.41, 5.74) is 6.23. The van der Waals surface area contributed by atoms with Crippen molar-refractivity contribution >= 4 is 73.1 Å². The summed E-state index contributed by atoms with van der Waals surface area (Å²) in [6.07, 6.45) is 7.52. The Morgan fingerprint density at radius 1 is 0.829 bits per heavy atom. The van der Waals surface area contributed by atoms with Gasteiger partial charge in [-0.05, 0) is 55.9 Å². The van der Waals surface area contributed by atoms with Gasteiger partial charge in [-0.15, -0.1) is 24.0 Å². The normalized spacial score (nSPS) is 21.5. The maximum atomic E-state index is 11.1. The molecule has 35 heavy (non-hydrogen) atoms. The predicted molar refractivity (Wildman–Crippen MR) is 159 cm³/mol. The molecule has 0 spiro atoms. The minimum Gasteiger partial charge on any atom is -0.489 e. The lowest BCUT2D eigenvalue weighted by atomic mass is 9.84. The fraction of sp³-hybridized carbons (Fsp3) is 0.478. The highest BCUT2D eigenvalue weighted by molar-refractivity contribution is 15.0. The van der Waals surface area contributed by atoms with E-state index >= 15 is 0 Å². The fourth-order valence-corrected chi connectivity index (χ4v) is 3.36. The maximum Gasteiger partial charge on any atom is 0.356 e. The lowest BCUT2D eigenvalue weighted by Crippen LogP contribution is -2.43. The Bertz CT molecular complexity index is 830. The monoisotopic (exact) mass is 825 g/mol. The van der Waals surface area contributed by atoms with Crippen molar-refractivity contribution in [3.63, 3.8) is 0 Å². The van der Waals surface area contributed by atoms with Crippen molar-refractivity contribution in [3.8, 4) is 11.5 Å². The second kappa shape index (κ2) is 16.7. The van der Waals surface area contributed by atoms with E-state index in [0.29, 0.717) is 23.3 Å². The highest BCUT2D eigenvalue weighted by atomic mass is 128. The van der Waals surface area contributed by atoms with Gasteiger partial charge in [-0.3, -0.25) is 0 Å². The van der Waals surface area contributed by atoms with Crippen molar-refractivity contribution in [2.24, 2.45) is 11.7 Å². The number of aromatic nitrogens is 2. The molecule has 0 aromatic carbocycles. The maximum absolute atomic E-state index is 11.1. The highest BCUT2D eigenvalue weighted by Gasteiger charge is 2.28. The summed E-state index contributed by atoms with van der Waals surface area (Å²) in [7, 11) is 2.66. The topological polar surface area (TPSA) is 123 Å². The molecule has 2 heterocycles. The van der Waals surface area contributed by atoms with Crippen LogP contribution in [0.5, 0.6) is 11.5 Å². The van der Waals surface area contributed by atoms with Gasteiger partial charge in [0, 0.05) is 43.3 Å². The molecule has 0 atom stereocenters. The van der Waals surface area contributed by atoms with E-state index in [1.165, 1.54) is 20.4 Å². The Labute approximate surface area is 245 Å². The second-order valence-electron chi connectivity index (χ2n) is 8.03. The first-order chi connectivity index (χ1) is 16.4. The third-order valence-corrected chi connectivity index (χ3v) is 5.33. The number of hydrogen-bond donors (Lipinski definition) is 1. The lowest BCUT2D eigenvalue weighted by molar-refractivity contribution is 0.0584. The smallest absolute Gasteiger partial charge is 0.356 e. The van der Waals surface area contributed by atoms with Crippen LogP contribution in [0.25, 0.3) is 0 Å². The Morgan fingerprint density at radius 3 is 1.51 bits per heavy atom. The number of halogens is 3. The summed E-state index contributed by atoms with van der Waals surface area (Å²) in [6.45, 7) is 2.21. The first-order valence-corrected chi connectivity index (χ1v) is 17.0. The number of esters is 2. The van der Waals surface area contributed by atoms with Gasteiger partial charge in [-0.2, -0.15) is 0 Å². The first kappa shape index (κ1) is 32.0. The Kier molecular flexibility index (Phi) is 15.3. The molecule has 9 nitrogen and oxygen atoms in total. The quantitative estimate of drug-likeness (QED) is 0.311. The Morgan fingerprint density at radius 2 is 1.23 bits per heavy atom. The lowest BCUT2D eigenvalue weighted by Gasteiger charge is -2.32. The molecular weight excluding hydrogens is 795 g/mol. The van der Waals surface area contributed by atoms with Gasteiger partial charge in [0.15, 0.2) is 0 Å². The summed E-state index contributed by atoms with van der Waals surface area (Å²) >= 11 is 4.24. The van der Waals surface area contributed by atoms with E-state index in [-0.39, 0.29) is 41.8 Å². The summed E-state index contributed by atoms with van der Waals surface area (Å²) in [6, 6.07) is 6.92. The molecule has 0 unspecified atom stereocenters. The summed E-state index contributed by atoms with van der Waals surface area (Å²) < 4.78 is 20.4. The van der Waals surface area contributed by atoms with Gasteiger partial charge < -0.3 is 24.7 Å². The van der Waals surface area contributed by atoms with Crippen molar-refractivity contribution in [1.82, 2.24) is 9.97 Å². The number of methoxy groups -OCH3 is 2. The number of carbonyl (C=O) groups is 2. The summed E-state index contributed by atoms with van der Waals surface area (Å²) in [5.74, 6) is 1.25. The van der Waals surface area contributed by atoms with Crippen molar-refractivity contribution in [2.45, 2.75) is 50.9 Å². The van der Waals surface area contributed by atoms with Gasteiger partial charge in [0.05, 0.1) is 32.7 Å². The van der Waals surface area contributed by atoms with Crippen LogP contribution in [0.4, 0.5) is 0 Å². The molecular formula is C23H30I3N3O6. The molecule has 12 heteroatoms. The Hall–Kier alpha value is -1.01. The molecule has 2 saturated carbocycles. The number of rotatable bonds is 6. The minimum absolute atomic E-state index is 0.